The third kappa shape index (κ3) is 6.21. The SMILES string of the molecule is COC(=O)[C@@H]1C[C@@H](N(Cc2cccc(OC)c2)C(=O)CC(C)(C)C)CN1C(C)(C)C. The third-order valence-corrected chi connectivity index (χ3v) is 5.54. The summed E-state index contributed by atoms with van der Waals surface area (Å²) in [5, 5.41) is 0. The average molecular weight is 419 g/mol. The first kappa shape index (κ1) is 24.2. The zero-order chi connectivity index (χ0) is 22.7. The van der Waals surface area contributed by atoms with E-state index in [0.717, 1.165) is 11.3 Å². The number of likely N-dealkylation sites (tertiary alicyclic amines) is 1. The summed E-state index contributed by atoms with van der Waals surface area (Å²) in [6.07, 6.45) is 1.02. The van der Waals surface area contributed by atoms with E-state index in [0.29, 0.717) is 25.9 Å². The first-order valence-corrected chi connectivity index (χ1v) is 10.6. The van der Waals surface area contributed by atoms with Crippen LogP contribution in [-0.4, -0.2) is 60.1 Å². The summed E-state index contributed by atoms with van der Waals surface area (Å²) < 4.78 is 10.4. The average Bonchev–Trinajstić information content (AvgIpc) is 3.09. The molecule has 0 radical (unpaired) electrons. The minimum atomic E-state index is -0.352. The Morgan fingerprint density at radius 1 is 1.13 bits per heavy atom. The van der Waals surface area contributed by atoms with Gasteiger partial charge in [0, 0.05) is 31.1 Å². The molecule has 0 spiro atoms. The molecule has 1 saturated heterocycles. The highest BCUT2D eigenvalue weighted by atomic mass is 16.5. The van der Waals surface area contributed by atoms with E-state index in [1.165, 1.54) is 7.11 Å². The number of rotatable bonds is 6. The van der Waals surface area contributed by atoms with Crippen molar-refractivity contribution in [1.29, 1.82) is 0 Å². The van der Waals surface area contributed by atoms with Crippen molar-refractivity contribution < 1.29 is 19.1 Å². The number of methoxy groups -OCH3 is 2. The van der Waals surface area contributed by atoms with Crippen LogP contribution < -0.4 is 4.74 Å². The second kappa shape index (κ2) is 9.38. The van der Waals surface area contributed by atoms with Crippen LogP contribution in [-0.2, 0) is 20.9 Å². The summed E-state index contributed by atoms with van der Waals surface area (Å²) in [4.78, 5) is 30.0. The van der Waals surface area contributed by atoms with Crippen LogP contribution in [0.15, 0.2) is 24.3 Å². The van der Waals surface area contributed by atoms with Crippen molar-refractivity contribution in [2.45, 2.75) is 78.6 Å². The van der Waals surface area contributed by atoms with Crippen LogP contribution in [0.3, 0.4) is 0 Å². The Labute approximate surface area is 181 Å². The van der Waals surface area contributed by atoms with E-state index in [1.807, 2.05) is 29.2 Å². The molecular formula is C24H38N2O4. The van der Waals surface area contributed by atoms with Gasteiger partial charge >= 0.3 is 5.97 Å². The van der Waals surface area contributed by atoms with Crippen LogP contribution in [0.25, 0.3) is 0 Å². The van der Waals surface area contributed by atoms with E-state index >= 15 is 0 Å². The van der Waals surface area contributed by atoms with Crippen LogP contribution in [0, 0.1) is 5.41 Å². The van der Waals surface area contributed by atoms with Crippen LogP contribution in [0.4, 0.5) is 0 Å². The Kier molecular flexibility index (Phi) is 7.56. The van der Waals surface area contributed by atoms with Gasteiger partial charge in [-0.25, -0.2) is 0 Å². The zero-order valence-corrected chi connectivity index (χ0v) is 19.8. The van der Waals surface area contributed by atoms with E-state index < -0.39 is 0 Å². The number of carbonyl (C=O) groups is 2. The minimum Gasteiger partial charge on any atom is -0.497 e. The smallest absolute Gasteiger partial charge is 0.323 e. The normalized spacial score (nSPS) is 20.1. The summed E-state index contributed by atoms with van der Waals surface area (Å²) in [5.41, 5.74) is 0.691. The number of ether oxygens (including phenoxy) is 2. The van der Waals surface area contributed by atoms with Gasteiger partial charge in [-0.2, -0.15) is 0 Å². The van der Waals surface area contributed by atoms with Gasteiger partial charge in [0.15, 0.2) is 0 Å². The monoisotopic (exact) mass is 418 g/mol. The number of hydrogen-bond acceptors (Lipinski definition) is 5. The molecular weight excluding hydrogens is 380 g/mol. The molecule has 30 heavy (non-hydrogen) atoms. The van der Waals surface area contributed by atoms with Crippen molar-refractivity contribution in [1.82, 2.24) is 9.80 Å². The lowest BCUT2D eigenvalue weighted by Gasteiger charge is -2.36. The van der Waals surface area contributed by atoms with Crippen molar-refractivity contribution in [3.05, 3.63) is 29.8 Å². The maximum Gasteiger partial charge on any atom is 0.323 e. The van der Waals surface area contributed by atoms with Crippen LogP contribution in [0.1, 0.15) is 59.9 Å². The first-order chi connectivity index (χ1) is 13.9. The zero-order valence-electron chi connectivity index (χ0n) is 19.8. The summed E-state index contributed by atoms with van der Waals surface area (Å²) in [6.45, 7) is 13.6. The number of nitrogens with zero attached hydrogens (tertiary/aromatic N) is 2. The van der Waals surface area contributed by atoms with Gasteiger partial charge in [0.05, 0.1) is 14.2 Å². The number of carbonyl (C=O) groups excluding carboxylic acids is 2. The van der Waals surface area contributed by atoms with Crippen LogP contribution in [0.5, 0.6) is 5.75 Å². The third-order valence-electron chi connectivity index (χ3n) is 5.54. The lowest BCUT2D eigenvalue weighted by Crippen LogP contribution is -2.49. The Morgan fingerprint density at radius 2 is 1.80 bits per heavy atom. The highest BCUT2D eigenvalue weighted by Crippen LogP contribution is 2.32. The molecule has 1 aromatic carbocycles. The predicted octanol–water partition coefficient (Wildman–Crippen LogP) is 3.87. The Balaban J connectivity index is 2.35. The molecule has 1 aliphatic rings. The maximum absolute atomic E-state index is 13.4. The molecule has 0 saturated carbocycles. The molecule has 2 atom stereocenters. The number of hydrogen-bond donors (Lipinski definition) is 0. The van der Waals surface area contributed by atoms with E-state index in [-0.39, 0.29) is 34.9 Å². The molecule has 1 heterocycles. The van der Waals surface area contributed by atoms with Crippen LogP contribution in [0.2, 0.25) is 0 Å². The van der Waals surface area contributed by atoms with Gasteiger partial charge in [-0.1, -0.05) is 32.9 Å². The quantitative estimate of drug-likeness (QED) is 0.656. The van der Waals surface area contributed by atoms with Crippen molar-refractivity contribution >= 4 is 11.9 Å². The van der Waals surface area contributed by atoms with E-state index in [1.54, 1.807) is 7.11 Å². The molecule has 0 aromatic heterocycles. The fourth-order valence-corrected chi connectivity index (χ4v) is 4.08. The predicted molar refractivity (Wildman–Crippen MR) is 118 cm³/mol. The molecule has 0 unspecified atom stereocenters. The van der Waals surface area contributed by atoms with Gasteiger partial charge < -0.3 is 14.4 Å². The maximum atomic E-state index is 13.4. The summed E-state index contributed by atoms with van der Waals surface area (Å²) in [5.74, 6) is 0.637. The van der Waals surface area contributed by atoms with E-state index in [9.17, 15) is 9.59 Å². The fourth-order valence-electron chi connectivity index (χ4n) is 4.08. The van der Waals surface area contributed by atoms with Gasteiger partial charge in [0.25, 0.3) is 0 Å². The molecule has 0 bridgehead atoms. The van der Waals surface area contributed by atoms with Crippen molar-refractivity contribution in [3.63, 3.8) is 0 Å². The molecule has 168 valence electrons. The topological polar surface area (TPSA) is 59.1 Å². The second-order valence-electron chi connectivity index (χ2n) is 10.4. The lowest BCUT2D eigenvalue weighted by atomic mass is 9.91. The largest absolute Gasteiger partial charge is 0.497 e. The van der Waals surface area contributed by atoms with Crippen molar-refractivity contribution in [2.75, 3.05) is 20.8 Å². The molecule has 2 rings (SSSR count). The minimum absolute atomic E-state index is 0.0608. The van der Waals surface area contributed by atoms with Crippen LogP contribution >= 0.6 is 0 Å². The van der Waals surface area contributed by atoms with Crippen molar-refractivity contribution in [2.24, 2.45) is 5.41 Å². The van der Waals surface area contributed by atoms with Gasteiger partial charge in [0.1, 0.15) is 11.8 Å². The van der Waals surface area contributed by atoms with Gasteiger partial charge in [0.2, 0.25) is 5.91 Å². The molecule has 1 aromatic rings. The van der Waals surface area contributed by atoms with Crippen molar-refractivity contribution in [3.8, 4) is 5.75 Å². The molecule has 6 nitrogen and oxygen atoms in total. The van der Waals surface area contributed by atoms with E-state index in [4.69, 9.17) is 9.47 Å². The summed E-state index contributed by atoms with van der Waals surface area (Å²) in [7, 11) is 3.07. The van der Waals surface area contributed by atoms with E-state index in [2.05, 4.69) is 46.4 Å². The number of benzene rings is 1. The highest BCUT2D eigenvalue weighted by molar-refractivity contribution is 5.79. The summed E-state index contributed by atoms with van der Waals surface area (Å²) in [6, 6.07) is 7.40. The van der Waals surface area contributed by atoms with Gasteiger partial charge in [-0.05, 0) is 50.3 Å². The molecule has 1 amide bonds. The lowest BCUT2D eigenvalue weighted by molar-refractivity contribution is -0.147. The molecule has 0 aliphatic carbocycles. The second-order valence-corrected chi connectivity index (χ2v) is 10.4. The van der Waals surface area contributed by atoms with Gasteiger partial charge in [-0.15, -0.1) is 0 Å². The Bertz CT molecular complexity index is 748. The molecule has 0 N–H and O–H groups in total. The molecule has 1 fully saturated rings. The Hall–Kier alpha value is -2.08. The standard InChI is InChI=1S/C24H38N2O4/c1-23(2,3)14-21(27)25(15-17-10-9-11-19(12-17)29-7)18-13-20(22(28)30-8)26(16-18)24(4,5)6/h9-12,18,20H,13-16H2,1-8H3/t18-,20+/m1/s1. The fraction of sp³-hybridized carbons (Fsp3) is 0.667. The number of esters is 1. The molecule has 1 aliphatic heterocycles. The molecule has 6 heteroatoms. The number of amides is 1. The van der Waals surface area contributed by atoms with Gasteiger partial charge in [-0.3, -0.25) is 14.5 Å². The first-order valence-electron chi connectivity index (χ1n) is 10.6. The summed E-state index contributed by atoms with van der Waals surface area (Å²) >= 11 is 0. The highest BCUT2D eigenvalue weighted by Gasteiger charge is 2.45. The Morgan fingerprint density at radius 3 is 2.33 bits per heavy atom.